The second-order valence-electron chi connectivity index (χ2n) is 7.26. The number of nitrogens with one attached hydrogen (secondary N) is 2. The fourth-order valence-electron chi connectivity index (χ4n) is 3.93. The van der Waals surface area contributed by atoms with Gasteiger partial charge in [-0.3, -0.25) is 14.8 Å². The number of hydrogen-bond donors (Lipinski definition) is 2. The normalized spacial score (nSPS) is 15.9. The van der Waals surface area contributed by atoms with Gasteiger partial charge in [0.25, 0.3) is 5.91 Å². The second-order valence-corrected chi connectivity index (χ2v) is 7.26. The van der Waals surface area contributed by atoms with E-state index in [1.54, 1.807) is 6.20 Å². The lowest BCUT2D eigenvalue weighted by atomic mass is 10.0. The van der Waals surface area contributed by atoms with Crippen LogP contribution in [-0.2, 0) is 0 Å². The number of nitrogens with zero attached hydrogens (tertiary/aromatic N) is 2. The van der Waals surface area contributed by atoms with Crippen LogP contribution in [-0.4, -0.2) is 40.6 Å². The van der Waals surface area contributed by atoms with Crippen LogP contribution in [0.25, 0.3) is 11.3 Å². The number of likely N-dealkylation sites (tertiary alicyclic amines) is 1. The number of carbonyl (C=O) groups is 1. The molecule has 1 atom stereocenters. The van der Waals surface area contributed by atoms with Crippen molar-refractivity contribution >= 4 is 5.91 Å². The highest BCUT2D eigenvalue weighted by molar-refractivity contribution is 5.99. The summed E-state index contributed by atoms with van der Waals surface area (Å²) in [6, 6.07) is 20.5. The van der Waals surface area contributed by atoms with E-state index in [2.05, 4.69) is 44.7 Å². The summed E-state index contributed by atoms with van der Waals surface area (Å²) in [5.74, 6) is -0.0921. The van der Waals surface area contributed by atoms with Gasteiger partial charge in [-0.1, -0.05) is 67.1 Å². The van der Waals surface area contributed by atoms with E-state index in [1.165, 1.54) is 24.8 Å². The van der Waals surface area contributed by atoms with E-state index in [4.69, 9.17) is 0 Å². The van der Waals surface area contributed by atoms with Crippen LogP contribution in [0, 0.1) is 0 Å². The molecule has 5 heteroatoms. The maximum Gasteiger partial charge on any atom is 0.255 e. The number of aromatic nitrogens is 2. The molecule has 3 aromatic rings. The van der Waals surface area contributed by atoms with Crippen LogP contribution in [0.3, 0.4) is 0 Å². The van der Waals surface area contributed by atoms with Crippen LogP contribution in [0.4, 0.5) is 0 Å². The quantitative estimate of drug-likeness (QED) is 0.685. The smallest absolute Gasteiger partial charge is 0.255 e. The maximum absolute atomic E-state index is 12.9. The molecule has 0 saturated carbocycles. The van der Waals surface area contributed by atoms with E-state index in [-0.39, 0.29) is 11.9 Å². The zero-order valence-corrected chi connectivity index (χ0v) is 16.0. The predicted molar refractivity (Wildman–Crippen MR) is 111 cm³/mol. The Bertz CT molecular complexity index is 885. The number of piperidine rings is 1. The van der Waals surface area contributed by atoms with Crippen molar-refractivity contribution in [1.29, 1.82) is 0 Å². The molecule has 0 aliphatic carbocycles. The Morgan fingerprint density at radius 1 is 1.00 bits per heavy atom. The van der Waals surface area contributed by atoms with E-state index in [9.17, 15) is 4.79 Å². The fourth-order valence-corrected chi connectivity index (χ4v) is 3.93. The SMILES string of the molecule is O=C(NC[C@H](c1ccccc1)N1CCCCC1)c1cn[nH]c1-c1ccccc1. The number of amides is 1. The molecule has 1 fully saturated rings. The Morgan fingerprint density at radius 2 is 1.68 bits per heavy atom. The number of hydrogen-bond acceptors (Lipinski definition) is 3. The molecule has 1 aliphatic heterocycles. The first-order valence-corrected chi connectivity index (χ1v) is 9.99. The van der Waals surface area contributed by atoms with Gasteiger partial charge < -0.3 is 5.32 Å². The first-order chi connectivity index (χ1) is 13.8. The average molecular weight is 374 g/mol. The first kappa shape index (κ1) is 18.4. The third kappa shape index (κ3) is 4.15. The molecule has 4 rings (SSSR count). The highest BCUT2D eigenvalue weighted by Gasteiger charge is 2.24. The van der Waals surface area contributed by atoms with Gasteiger partial charge in [-0.2, -0.15) is 5.10 Å². The molecular formula is C23H26N4O. The third-order valence-corrected chi connectivity index (χ3v) is 5.42. The highest BCUT2D eigenvalue weighted by Crippen LogP contribution is 2.25. The average Bonchev–Trinajstić information content (AvgIpc) is 3.26. The van der Waals surface area contributed by atoms with Crippen molar-refractivity contribution in [3.8, 4) is 11.3 Å². The van der Waals surface area contributed by atoms with Gasteiger partial charge in [-0.15, -0.1) is 0 Å². The molecule has 0 radical (unpaired) electrons. The minimum Gasteiger partial charge on any atom is -0.350 e. The molecule has 0 unspecified atom stereocenters. The molecule has 144 valence electrons. The molecule has 0 bridgehead atoms. The van der Waals surface area contributed by atoms with Crippen LogP contribution in [0.5, 0.6) is 0 Å². The molecule has 5 nitrogen and oxygen atoms in total. The summed E-state index contributed by atoms with van der Waals surface area (Å²) in [6.45, 7) is 2.75. The molecule has 1 aromatic heterocycles. The highest BCUT2D eigenvalue weighted by atomic mass is 16.1. The maximum atomic E-state index is 12.9. The molecular weight excluding hydrogens is 348 g/mol. The standard InChI is InChI=1S/C23H26N4O/c28-23(20-16-25-26-22(20)19-12-6-2-7-13-19)24-17-21(18-10-4-1-5-11-18)27-14-8-3-9-15-27/h1-2,4-7,10-13,16,21H,3,8-9,14-15,17H2,(H,24,28)(H,25,26)/t21-/m1/s1. The van der Waals surface area contributed by atoms with Crippen molar-refractivity contribution in [3.63, 3.8) is 0 Å². The van der Waals surface area contributed by atoms with Crippen molar-refractivity contribution in [2.75, 3.05) is 19.6 Å². The van der Waals surface area contributed by atoms with E-state index in [0.717, 1.165) is 24.3 Å². The minimum absolute atomic E-state index is 0.0921. The van der Waals surface area contributed by atoms with E-state index < -0.39 is 0 Å². The Hall–Kier alpha value is -2.92. The van der Waals surface area contributed by atoms with Gasteiger partial charge in [-0.05, 0) is 31.5 Å². The second kappa shape index (κ2) is 8.85. The summed E-state index contributed by atoms with van der Waals surface area (Å²) in [7, 11) is 0. The summed E-state index contributed by atoms with van der Waals surface area (Å²) in [4.78, 5) is 15.4. The van der Waals surface area contributed by atoms with Gasteiger partial charge in [0.2, 0.25) is 0 Å². The lowest BCUT2D eigenvalue weighted by molar-refractivity contribution is 0.0925. The van der Waals surface area contributed by atoms with Gasteiger partial charge >= 0.3 is 0 Å². The molecule has 0 spiro atoms. The van der Waals surface area contributed by atoms with Crippen LogP contribution < -0.4 is 5.32 Å². The number of aromatic amines is 1. The van der Waals surface area contributed by atoms with E-state index >= 15 is 0 Å². The molecule has 2 heterocycles. The van der Waals surface area contributed by atoms with Crippen LogP contribution in [0.1, 0.15) is 41.2 Å². The Kier molecular flexibility index (Phi) is 5.83. The van der Waals surface area contributed by atoms with Crippen molar-refractivity contribution in [2.24, 2.45) is 0 Å². The zero-order valence-electron chi connectivity index (χ0n) is 16.0. The van der Waals surface area contributed by atoms with Gasteiger partial charge in [0.05, 0.1) is 23.5 Å². The van der Waals surface area contributed by atoms with Crippen LogP contribution in [0.15, 0.2) is 66.9 Å². The monoisotopic (exact) mass is 374 g/mol. The lowest BCUT2D eigenvalue weighted by Crippen LogP contribution is -2.40. The largest absolute Gasteiger partial charge is 0.350 e. The van der Waals surface area contributed by atoms with Gasteiger partial charge in [0, 0.05) is 12.1 Å². The fraction of sp³-hybridized carbons (Fsp3) is 0.304. The molecule has 28 heavy (non-hydrogen) atoms. The Morgan fingerprint density at radius 3 is 2.39 bits per heavy atom. The number of carbonyl (C=O) groups excluding carboxylic acids is 1. The summed E-state index contributed by atoms with van der Waals surface area (Å²) in [5, 5.41) is 10.2. The van der Waals surface area contributed by atoms with Crippen LogP contribution in [0.2, 0.25) is 0 Å². The Labute approximate surface area is 165 Å². The summed E-state index contributed by atoms with van der Waals surface area (Å²) in [5.41, 5.74) is 3.55. The number of benzene rings is 2. The predicted octanol–water partition coefficient (Wildman–Crippen LogP) is 4.03. The first-order valence-electron chi connectivity index (χ1n) is 9.99. The minimum atomic E-state index is -0.0921. The molecule has 1 aliphatic rings. The van der Waals surface area contributed by atoms with Gasteiger partial charge in [0.15, 0.2) is 0 Å². The zero-order chi connectivity index (χ0) is 19.2. The number of rotatable bonds is 6. The van der Waals surface area contributed by atoms with E-state index in [0.29, 0.717) is 12.1 Å². The van der Waals surface area contributed by atoms with E-state index in [1.807, 2.05) is 36.4 Å². The summed E-state index contributed by atoms with van der Waals surface area (Å²) >= 11 is 0. The van der Waals surface area contributed by atoms with Crippen molar-refractivity contribution in [3.05, 3.63) is 78.0 Å². The van der Waals surface area contributed by atoms with Crippen molar-refractivity contribution in [2.45, 2.75) is 25.3 Å². The van der Waals surface area contributed by atoms with Gasteiger partial charge in [0.1, 0.15) is 0 Å². The van der Waals surface area contributed by atoms with Crippen molar-refractivity contribution in [1.82, 2.24) is 20.4 Å². The van der Waals surface area contributed by atoms with Gasteiger partial charge in [-0.25, -0.2) is 0 Å². The van der Waals surface area contributed by atoms with Crippen molar-refractivity contribution < 1.29 is 4.79 Å². The molecule has 1 amide bonds. The lowest BCUT2D eigenvalue weighted by Gasteiger charge is -2.35. The topological polar surface area (TPSA) is 61.0 Å². The van der Waals surface area contributed by atoms with Crippen LogP contribution >= 0.6 is 0 Å². The molecule has 1 saturated heterocycles. The Balaban J connectivity index is 1.50. The number of H-pyrrole nitrogens is 1. The third-order valence-electron chi connectivity index (χ3n) is 5.42. The summed E-state index contributed by atoms with van der Waals surface area (Å²) < 4.78 is 0. The summed E-state index contributed by atoms with van der Waals surface area (Å²) in [6.07, 6.45) is 5.34. The molecule has 2 N–H and O–H groups in total. The molecule has 2 aromatic carbocycles.